The second kappa shape index (κ2) is 4.88. The molecule has 1 aliphatic heterocycles. The number of nitro groups is 2. The van der Waals surface area contributed by atoms with Crippen molar-refractivity contribution in [1.29, 1.82) is 0 Å². The molecule has 0 saturated heterocycles. The van der Waals surface area contributed by atoms with E-state index < -0.39 is 27.2 Å². The fraction of sp³-hybridized carbons (Fsp3) is 0.0909. The monoisotopic (exact) mass is 277 g/mol. The van der Waals surface area contributed by atoms with Crippen LogP contribution in [0.4, 0.5) is 0 Å². The molecule has 0 spiro atoms. The van der Waals surface area contributed by atoms with Gasteiger partial charge in [-0.3, -0.25) is 20.2 Å². The van der Waals surface area contributed by atoms with Gasteiger partial charge in [0.05, 0.1) is 9.85 Å². The van der Waals surface area contributed by atoms with Crippen molar-refractivity contribution >= 4 is 0 Å². The molecule has 1 aromatic carbocycles. The maximum absolute atomic E-state index is 11.2. The summed E-state index contributed by atoms with van der Waals surface area (Å²) in [4.78, 5) is 20.8. The molecular weight excluding hydrogens is 266 g/mol. The summed E-state index contributed by atoms with van der Waals surface area (Å²) in [7, 11) is 0. The summed E-state index contributed by atoms with van der Waals surface area (Å²) in [6, 6.07) is 8.03. The van der Waals surface area contributed by atoms with Gasteiger partial charge >= 0.3 is 11.4 Å². The molecule has 0 saturated carbocycles. The second-order valence-corrected chi connectivity index (χ2v) is 4.08. The average molecular weight is 277 g/mol. The van der Waals surface area contributed by atoms with Crippen LogP contribution in [-0.2, 0) is 0 Å². The zero-order valence-electron chi connectivity index (χ0n) is 10.1. The van der Waals surface area contributed by atoms with E-state index >= 15 is 0 Å². The highest BCUT2D eigenvalue weighted by Crippen LogP contribution is 2.36. The first-order chi connectivity index (χ1) is 9.43. The van der Waals surface area contributed by atoms with E-state index in [9.17, 15) is 20.2 Å². The molecule has 104 valence electrons. The van der Waals surface area contributed by atoms with Crippen LogP contribution in [0.3, 0.4) is 0 Å². The molecule has 5 N–H and O–H groups in total. The van der Waals surface area contributed by atoms with Crippen molar-refractivity contribution in [3.63, 3.8) is 0 Å². The van der Waals surface area contributed by atoms with Gasteiger partial charge in [-0.05, 0) is 5.56 Å². The summed E-state index contributed by atoms with van der Waals surface area (Å²) in [5.74, 6) is -1.82. The van der Waals surface area contributed by atoms with Gasteiger partial charge < -0.3 is 16.8 Å². The molecule has 0 bridgehead atoms. The molecule has 0 aromatic heterocycles. The third-order valence-corrected chi connectivity index (χ3v) is 2.89. The standard InChI is InChI=1S/C11H11N5O4/c12-10-8(15(17)18)7(6-4-2-1-3-5-6)9(16(19)20)11(13)14-10/h1-5,7,14H,12-13H2. The Hall–Kier alpha value is -3.10. The number of dihydropyridines is 1. The minimum absolute atomic E-state index is 0.299. The third kappa shape index (κ3) is 2.11. The number of hydrogen-bond donors (Lipinski definition) is 3. The first kappa shape index (κ1) is 13.3. The van der Waals surface area contributed by atoms with Crippen LogP contribution in [-0.4, -0.2) is 9.85 Å². The van der Waals surface area contributed by atoms with Gasteiger partial charge in [0, 0.05) is 0 Å². The Morgan fingerprint density at radius 1 is 0.950 bits per heavy atom. The van der Waals surface area contributed by atoms with E-state index in [1.807, 2.05) is 0 Å². The molecule has 0 unspecified atom stereocenters. The van der Waals surface area contributed by atoms with E-state index in [1.54, 1.807) is 30.3 Å². The average Bonchev–Trinajstić information content (AvgIpc) is 2.37. The van der Waals surface area contributed by atoms with Crippen molar-refractivity contribution in [2.24, 2.45) is 11.5 Å². The van der Waals surface area contributed by atoms with Crippen LogP contribution >= 0.6 is 0 Å². The maximum Gasteiger partial charge on any atom is 0.304 e. The maximum atomic E-state index is 11.2. The van der Waals surface area contributed by atoms with Gasteiger partial charge in [-0.2, -0.15) is 0 Å². The van der Waals surface area contributed by atoms with E-state index in [4.69, 9.17) is 11.5 Å². The number of nitrogens with two attached hydrogens (primary N) is 2. The van der Waals surface area contributed by atoms with E-state index in [0.29, 0.717) is 5.56 Å². The Bertz CT molecular complexity index is 601. The fourth-order valence-corrected chi connectivity index (χ4v) is 2.08. The zero-order chi connectivity index (χ0) is 14.9. The smallest absolute Gasteiger partial charge is 0.304 e. The third-order valence-electron chi connectivity index (χ3n) is 2.89. The van der Waals surface area contributed by atoms with E-state index in [1.165, 1.54) is 0 Å². The van der Waals surface area contributed by atoms with Crippen LogP contribution in [0, 0.1) is 20.2 Å². The topological polar surface area (TPSA) is 150 Å². The summed E-state index contributed by atoms with van der Waals surface area (Å²) < 4.78 is 0. The number of hydrogen-bond acceptors (Lipinski definition) is 7. The van der Waals surface area contributed by atoms with Gasteiger partial charge in [-0.1, -0.05) is 30.3 Å². The highest BCUT2D eigenvalue weighted by Gasteiger charge is 2.45. The molecule has 0 fully saturated rings. The van der Waals surface area contributed by atoms with Crippen molar-refractivity contribution in [3.8, 4) is 0 Å². The minimum Gasteiger partial charge on any atom is -0.380 e. The molecule has 1 heterocycles. The summed E-state index contributed by atoms with van der Waals surface area (Å²) in [6.45, 7) is 0. The number of nitrogens with zero attached hydrogens (tertiary/aromatic N) is 2. The van der Waals surface area contributed by atoms with Gasteiger partial charge in [0.25, 0.3) is 0 Å². The predicted octanol–water partition coefficient (Wildman–Crippen LogP) is 0.182. The SMILES string of the molecule is NC1=C([N+](=O)[O-])C(c2ccccc2)C([N+](=O)[O-])=C(N)N1. The summed E-state index contributed by atoms with van der Waals surface area (Å²) in [6.07, 6.45) is 0. The molecule has 2 rings (SSSR count). The molecule has 0 amide bonds. The molecular formula is C11H11N5O4. The van der Waals surface area contributed by atoms with Crippen LogP contribution < -0.4 is 16.8 Å². The molecule has 0 atom stereocenters. The highest BCUT2D eigenvalue weighted by atomic mass is 16.6. The normalized spacial score (nSPS) is 16.0. The van der Waals surface area contributed by atoms with Gasteiger partial charge in [-0.25, -0.2) is 0 Å². The van der Waals surface area contributed by atoms with E-state index in [-0.39, 0.29) is 11.6 Å². The first-order valence-corrected chi connectivity index (χ1v) is 5.53. The highest BCUT2D eigenvalue weighted by molar-refractivity contribution is 5.39. The van der Waals surface area contributed by atoms with E-state index in [2.05, 4.69) is 5.32 Å². The van der Waals surface area contributed by atoms with Crippen LogP contribution in [0.5, 0.6) is 0 Å². The van der Waals surface area contributed by atoms with Crippen molar-refractivity contribution in [3.05, 3.63) is 79.2 Å². The van der Waals surface area contributed by atoms with Crippen LogP contribution in [0.1, 0.15) is 11.5 Å². The van der Waals surface area contributed by atoms with Crippen LogP contribution in [0.25, 0.3) is 0 Å². The van der Waals surface area contributed by atoms with Crippen molar-refractivity contribution in [1.82, 2.24) is 5.32 Å². The molecule has 1 aromatic rings. The Morgan fingerprint density at radius 2 is 1.40 bits per heavy atom. The summed E-state index contributed by atoms with van der Waals surface area (Å²) >= 11 is 0. The molecule has 0 aliphatic carbocycles. The summed E-state index contributed by atoms with van der Waals surface area (Å²) in [5.41, 5.74) is 10.5. The molecule has 9 heteroatoms. The van der Waals surface area contributed by atoms with Crippen LogP contribution in [0.15, 0.2) is 53.4 Å². The van der Waals surface area contributed by atoms with E-state index in [0.717, 1.165) is 0 Å². The Morgan fingerprint density at radius 3 is 1.80 bits per heavy atom. The lowest BCUT2D eigenvalue weighted by Crippen LogP contribution is -2.38. The Kier molecular flexibility index (Phi) is 3.25. The van der Waals surface area contributed by atoms with Crippen molar-refractivity contribution in [2.75, 3.05) is 0 Å². The van der Waals surface area contributed by atoms with Crippen molar-refractivity contribution in [2.45, 2.75) is 5.92 Å². The van der Waals surface area contributed by atoms with Crippen molar-refractivity contribution < 1.29 is 9.85 Å². The molecule has 9 nitrogen and oxygen atoms in total. The minimum atomic E-state index is -1.22. The number of nitrogens with one attached hydrogen (secondary N) is 1. The van der Waals surface area contributed by atoms with Gasteiger partial charge in [0.1, 0.15) is 0 Å². The molecule has 1 aliphatic rings. The quantitative estimate of drug-likeness (QED) is 0.526. The van der Waals surface area contributed by atoms with Gasteiger partial charge in [0.2, 0.25) is 0 Å². The second-order valence-electron chi connectivity index (χ2n) is 4.08. The number of rotatable bonds is 3. The van der Waals surface area contributed by atoms with Crippen LogP contribution in [0.2, 0.25) is 0 Å². The predicted molar refractivity (Wildman–Crippen MR) is 68.7 cm³/mol. The lowest BCUT2D eigenvalue weighted by molar-refractivity contribution is -0.457. The molecule has 20 heavy (non-hydrogen) atoms. The van der Waals surface area contributed by atoms with Gasteiger partial charge in [0.15, 0.2) is 17.6 Å². The fourth-order valence-electron chi connectivity index (χ4n) is 2.08. The summed E-state index contributed by atoms with van der Waals surface area (Å²) in [5, 5.41) is 24.6. The zero-order valence-corrected chi connectivity index (χ0v) is 10.1. The lowest BCUT2D eigenvalue weighted by Gasteiger charge is -2.20. The largest absolute Gasteiger partial charge is 0.380 e. The Labute approximate surface area is 112 Å². The van der Waals surface area contributed by atoms with Gasteiger partial charge in [-0.15, -0.1) is 0 Å². The first-order valence-electron chi connectivity index (χ1n) is 5.53. The lowest BCUT2D eigenvalue weighted by atomic mass is 9.90. The molecule has 0 radical (unpaired) electrons. The Balaban J connectivity index is 2.67. The number of benzene rings is 1.